The monoisotopic (exact) mass is 341 g/mol. The van der Waals surface area contributed by atoms with Crippen molar-refractivity contribution in [3.8, 4) is 5.75 Å². The van der Waals surface area contributed by atoms with E-state index in [0.717, 1.165) is 46.3 Å². The van der Waals surface area contributed by atoms with Gasteiger partial charge in [-0.05, 0) is 48.4 Å². The van der Waals surface area contributed by atoms with E-state index in [1.807, 2.05) is 31.2 Å². The minimum absolute atomic E-state index is 0.0964. The van der Waals surface area contributed by atoms with Gasteiger partial charge in [0.25, 0.3) is 5.24 Å². The van der Waals surface area contributed by atoms with Crippen LogP contribution in [0.2, 0.25) is 0 Å². The number of hydrogen-bond acceptors (Lipinski definition) is 3. The number of amides is 1. The Bertz CT molecular complexity index is 740. The summed E-state index contributed by atoms with van der Waals surface area (Å²) in [6.45, 7) is 8.35. The van der Waals surface area contributed by atoms with Crippen LogP contribution >= 0.6 is 11.8 Å². The first-order valence-electron chi connectivity index (χ1n) is 7.90. The SMILES string of the molecule is C=Cc1ccc(COc2ccc(CC)cc2C)c(NC(=O)SC)c1. The Balaban J connectivity index is 2.19. The quantitative estimate of drug-likeness (QED) is 0.735. The molecule has 0 fully saturated rings. The summed E-state index contributed by atoms with van der Waals surface area (Å²) in [7, 11) is 0. The van der Waals surface area contributed by atoms with Gasteiger partial charge in [0.2, 0.25) is 0 Å². The number of nitrogens with one attached hydrogen (secondary N) is 1. The second-order valence-electron chi connectivity index (χ2n) is 5.48. The molecule has 0 heterocycles. The van der Waals surface area contributed by atoms with E-state index in [1.165, 1.54) is 5.56 Å². The van der Waals surface area contributed by atoms with Crippen molar-refractivity contribution in [2.45, 2.75) is 26.9 Å². The van der Waals surface area contributed by atoms with Crippen LogP contribution in [0.5, 0.6) is 5.75 Å². The van der Waals surface area contributed by atoms with Crippen LogP contribution in [0, 0.1) is 6.92 Å². The predicted molar refractivity (Wildman–Crippen MR) is 104 cm³/mol. The van der Waals surface area contributed by atoms with Crippen LogP contribution in [0.4, 0.5) is 10.5 Å². The first-order valence-corrected chi connectivity index (χ1v) is 9.12. The lowest BCUT2D eigenvalue weighted by Crippen LogP contribution is -2.08. The maximum atomic E-state index is 11.7. The summed E-state index contributed by atoms with van der Waals surface area (Å²) in [5.74, 6) is 0.863. The number of ether oxygens (including phenoxy) is 1. The highest BCUT2D eigenvalue weighted by atomic mass is 32.2. The van der Waals surface area contributed by atoms with Crippen molar-refractivity contribution >= 4 is 28.8 Å². The van der Waals surface area contributed by atoms with Crippen LogP contribution in [0.15, 0.2) is 43.0 Å². The third-order valence-electron chi connectivity index (χ3n) is 3.82. The molecule has 0 aromatic heterocycles. The molecule has 24 heavy (non-hydrogen) atoms. The molecule has 0 aliphatic rings. The zero-order chi connectivity index (χ0) is 17.5. The second kappa shape index (κ2) is 8.60. The minimum Gasteiger partial charge on any atom is -0.489 e. The van der Waals surface area contributed by atoms with E-state index >= 15 is 0 Å². The van der Waals surface area contributed by atoms with Gasteiger partial charge in [0, 0.05) is 11.3 Å². The molecule has 2 aromatic rings. The molecule has 4 heteroatoms. The van der Waals surface area contributed by atoms with Crippen molar-refractivity contribution in [1.82, 2.24) is 0 Å². The normalized spacial score (nSPS) is 10.3. The molecule has 0 bridgehead atoms. The minimum atomic E-state index is -0.0964. The fraction of sp³-hybridized carbons (Fsp3) is 0.250. The lowest BCUT2D eigenvalue weighted by Gasteiger charge is -2.14. The van der Waals surface area contributed by atoms with E-state index < -0.39 is 0 Å². The van der Waals surface area contributed by atoms with Crippen molar-refractivity contribution in [3.63, 3.8) is 0 Å². The Hall–Kier alpha value is -2.20. The molecule has 0 spiro atoms. The smallest absolute Gasteiger partial charge is 0.283 e. The van der Waals surface area contributed by atoms with Gasteiger partial charge in [-0.3, -0.25) is 4.79 Å². The van der Waals surface area contributed by atoms with Crippen molar-refractivity contribution in [2.75, 3.05) is 11.6 Å². The van der Waals surface area contributed by atoms with Crippen molar-refractivity contribution < 1.29 is 9.53 Å². The fourth-order valence-electron chi connectivity index (χ4n) is 2.37. The van der Waals surface area contributed by atoms with Gasteiger partial charge < -0.3 is 10.1 Å². The van der Waals surface area contributed by atoms with E-state index in [2.05, 4.69) is 31.0 Å². The molecule has 3 nitrogen and oxygen atoms in total. The summed E-state index contributed by atoms with van der Waals surface area (Å²) >= 11 is 1.15. The zero-order valence-electron chi connectivity index (χ0n) is 14.4. The van der Waals surface area contributed by atoms with E-state index in [9.17, 15) is 4.79 Å². The van der Waals surface area contributed by atoms with Crippen LogP contribution in [0.25, 0.3) is 6.08 Å². The molecular formula is C20H23NO2S. The van der Waals surface area contributed by atoms with Gasteiger partial charge in [0.1, 0.15) is 12.4 Å². The van der Waals surface area contributed by atoms with E-state index in [-0.39, 0.29) is 5.24 Å². The summed E-state index contributed by atoms with van der Waals surface area (Å²) < 4.78 is 5.97. The lowest BCUT2D eigenvalue weighted by atomic mass is 10.1. The van der Waals surface area contributed by atoms with Crippen LogP contribution < -0.4 is 10.1 Å². The molecule has 0 saturated carbocycles. The molecule has 0 aliphatic heterocycles. The van der Waals surface area contributed by atoms with Crippen LogP contribution in [0.3, 0.4) is 0 Å². The average Bonchev–Trinajstić information content (AvgIpc) is 2.61. The number of rotatable bonds is 6. The van der Waals surface area contributed by atoms with Gasteiger partial charge in [0.05, 0.1) is 0 Å². The van der Waals surface area contributed by atoms with Gasteiger partial charge in [-0.1, -0.05) is 55.6 Å². The molecule has 0 aliphatic carbocycles. The first-order chi connectivity index (χ1) is 11.6. The standard InChI is InChI=1S/C20H23NO2S/c1-5-15-8-10-19(14(3)11-15)23-13-17-9-7-16(6-2)12-18(17)21-20(22)24-4/h6-12H,2,5,13H2,1,3-4H3,(H,21,22). The number of anilines is 1. The zero-order valence-corrected chi connectivity index (χ0v) is 15.2. The molecule has 0 atom stereocenters. The Kier molecular flexibility index (Phi) is 6.50. The summed E-state index contributed by atoms with van der Waals surface area (Å²) in [6.07, 6.45) is 4.52. The Morgan fingerprint density at radius 1 is 1.29 bits per heavy atom. The Morgan fingerprint density at radius 3 is 2.71 bits per heavy atom. The van der Waals surface area contributed by atoms with Crippen molar-refractivity contribution in [3.05, 3.63) is 65.2 Å². The molecule has 2 aromatic carbocycles. The second-order valence-corrected chi connectivity index (χ2v) is 6.26. The van der Waals surface area contributed by atoms with E-state index in [1.54, 1.807) is 12.3 Å². The maximum Gasteiger partial charge on any atom is 0.283 e. The van der Waals surface area contributed by atoms with Crippen molar-refractivity contribution in [1.29, 1.82) is 0 Å². The number of carbonyl (C=O) groups excluding carboxylic acids is 1. The van der Waals surface area contributed by atoms with Gasteiger partial charge in [-0.2, -0.15) is 0 Å². The third-order valence-corrected chi connectivity index (χ3v) is 4.30. The van der Waals surface area contributed by atoms with Crippen LogP contribution in [-0.4, -0.2) is 11.5 Å². The maximum absolute atomic E-state index is 11.7. The molecule has 2 rings (SSSR count). The largest absolute Gasteiger partial charge is 0.489 e. The number of benzene rings is 2. The summed E-state index contributed by atoms with van der Waals surface area (Å²) in [5.41, 5.74) is 5.06. The van der Waals surface area contributed by atoms with Crippen molar-refractivity contribution in [2.24, 2.45) is 0 Å². The number of aryl methyl sites for hydroxylation is 2. The first kappa shape index (κ1) is 18.1. The summed E-state index contributed by atoms with van der Waals surface area (Å²) in [5, 5.41) is 2.80. The molecule has 1 N–H and O–H groups in total. The van der Waals surface area contributed by atoms with E-state index in [4.69, 9.17) is 4.74 Å². The molecular weight excluding hydrogens is 318 g/mol. The molecule has 1 amide bonds. The van der Waals surface area contributed by atoms with E-state index in [0.29, 0.717) is 6.61 Å². The third kappa shape index (κ3) is 4.65. The lowest BCUT2D eigenvalue weighted by molar-refractivity contribution is 0.269. The average molecular weight is 341 g/mol. The summed E-state index contributed by atoms with van der Waals surface area (Å²) in [4.78, 5) is 11.7. The van der Waals surface area contributed by atoms with Crippen LogP contribution in [-0.2, 0) is 13.0 Å². The Morgan fingerprint density at radius 2 is 2.08 bits per heavy atom. The number of hydrogen-bond donors (Lipinski definition) is 1. The van der Waals surface area contributed by atoms with Gasteiger partial charge in [-0.15, -0.1) is 0 Å². The summed E-state index contributed by atoms with van der Waals surface area (Å²) in [6, 6.07) is 12.1. The fourth-order valence-corrected chi connectivity index (χ4v) is 2.59. The van der Waals surface area contributed by atoms with Gasteiger partial charge in [-0.25, -0.2) is 0 Å². The highest BCUT2D eigenvalue weighted by Gasteiger charge is 2.09. The van der Waals surface area contributed by atoms with Gasteiger partial charge in [0.15, 0.2) is 0 Å². The van der Waals surface area contributed by atoms with Crippen LogP contribution in [0.1, 0.15) is 29.2 Å². The van der Waals surface area contributed by atoms with Gasteiger partial charge >= 0.3 is 0 Å². The molecule has 0 radical (unpaired) electrons. The number of thioether (sulfide) groups is 1. The topological polar surface area (TPSA) is 38.3 Å². The highest BCUT2D eigenvalue weighted by Crippen LogP contribution is 2.24. The number of carbonyl (C=O) groups is 1. The molecule has 0 saturated heterocycles. The highest BCUT2D eigenvalue weighted by molar-refractivity contribution is 8.13. The molecule has 126 valence electrons. The Labute approximate surface area is 148 Å². The predicted octanol–water partition coefficient (Wildman–Crippen LogP) is 5.67. The molecule has 0 unspecified atom stereocenters.